The Morgan fingerprint density at radius 2 is 1.59 bits per heavy atom. The molecule has 0 fully saturated rings. The number of rotatable bonds is 13. The maximum atomic E-state index is 13.6. The fourth-order valence-corrected chi connectivity index (χ4v) is 5.37. The van der Waals surface area contributed by atoms with Gasteiger partial charge in [0.15, 0.2) is 23.2 Å². The van der Waals surface area contributed by atoms with E-state index in [9.17, 15) is 24.6 Å². The van der Waals surface area contributed by atoms with E-state index in [4.69, 9.17) is 9.47 Å². The van der Waals surface area contributed by atoms with Crippen LogP contribution in [0.2, 0.25) is 0 Å². The Morgan fingerprint density at radius 3 is 2.20 bits per heavy atom. The Hall–Kier alpha value is -4.73. The van der Waals surface area contributed by atoms with E-state index >= 15 is 0 Å². The van der Waals surface area contributed by atoms with Crippen LogP contribution in [0.1, 0.15) is 91.5 Å². The van der Waals surface area contributed by atoms with Gasteiger partial charge in [-0.05, 0) is 53.7 Å². The van der Waals surface area contributed by atoms with Crippen LogP contribution >= 0.6 is 0 Å². The molecule has 4 rings (SSSR count). The summed E-state index contributed by atoms with van der Waals surface area (Å²) in [6, 6.07) is 11.5. The third-order valence-electron chi connectivity index (χ3n) is 8.10. The lowest BCUT2D eigenvalue weighted by Crippen LogP contribution is -2.47. The van der Waals surface area contributed by atoms with Gasteiger partial charge in [-0.15, -0.1) is 0 Å². The second-order valence-electron chi connectivity index (χ2n) is 11.3. The highest BCUT2D eigenvalue weighted by atomic mass is 16.7. The number of carbonyl (C=O) groups is 3. The molecule has 0 saturated heterocycles. The van der Waals surface area contributed by atoms with Crippen molar-refractivity contribution in [2.75, 3.05) is 6.79 Å². The lowest BCUT2D eigenvalue weighted by atomic mass is 9.87. The van der Waals surface area contributed by atoms with Crippen molar-refractivity contribution >= 4 is 23.7 Å². The van der Waals surface area contributed by atoms with Crippen molar-refractivity contribution in [3.8, 4) is 23.3 Å². The monoisotopic (exact) mass is 603 g/mol. The maximum Gasteiger partial charge on any atom is 0.244 e. The summed E-state index contributed by atoms with van der Waals surface area (Å²) in [5.74, 6) is -0.739. The van der Waals surface area contributed by atoms with Crippen LogP contribution in [0.4, 0.5) is 0 Å². The highest BCUT2D eigenvalue weighted by molar-refractivity contribution is 6.05. The topological polar surface area (TPSA) is 150 Å². The standard InChI is InChI=1S/C34H41N3O7/c1-6-22(7-2)31(32(40)30-20(5)33(41)37-34(30)42)36-29(39)17-25(24-12-10-23(11-13-24)19(3)4)35-28(38)15-9-21-8-14-26-27(16-21)44-18-43-26/h8-16,19,22,25,31,37,41-42H,6-7,17-18H2,1-5H3,(H,35,38)(H,36,39). The summed E-state index contributed by atoms with van der Waals surface area (Å²) in [4.78, 5) is 42.6. The van der Waals surface area contributed by atoms with E-state index in [0.717, 1.165) is 16.7 Å². The summed E-state index contributed by atoms with van der Waals surface area (Å²) in [6.07, 6.45) is 4.12. The van der Waals surface area contributed by atoms with Gasteiger partial charge in [-0.3, -0.25) is 19.4 Å². The van der Waals surface area contributed by atoms with Crippen molar-refractivity contribution in [3.05, 3.63) is 76.4 Å². The molecule has 1 aromatic heterocycles. The summed E-state index contributed by atoms with van der Waals surface area (Å²) >= 11 is 0. The number of fused-ring (bicyclic) bond motifs is 1. The van der Waals surface area contributed by atoms with Gasteiger partial charge in [0.1, 0.15) is 0 Å². The average molecular weight is 604 g/mol. The molecular weight excluding hydrogens is 562 g/mol. The molecule has 0 bridgehead atoms. The van der Waals surface area contributed by atoms with E-state index in [0.29, 0.717) is 30.3 Å². The molecule has 2 amide bonds. The molecule has 1 aliphatic rings. The van der Waals surface area contributed by atoms with Gasteiger partial charge in [-0.25, -0.2) is 0 Å². The maximum absolute atomic E-state index is 13.6. The first-order valence-electron chi connectivity index (χ1n) is 14.9. The van der Waals surface area contributed by atoms with E-state index in [1.165, 1.54) is 13.0 Å². The van der Waals surface area contributed by atoms with Crippen LogP contribution in [0, 0.1) is 12.8 Å². The molecule has 3 aromatic rings. The molecule has 0 aliphatic carbocycles. The number of hydrogen-bond acceptors (Lipinski definition) is 7. The molecule has 5 N–H and O–H groups in total. The van der Waals surface area contributed by atoms with Crippen molar-refractivity contribution < 1.29 is 34.1 Å². The molecule has 0 spiro atoms. The Balaban J connectivity index is 1.55. The van der Waals surface area contributed by atoms with E-state index < -0.39 is 35.6 Å². The van der Waals surface area contributed by atoms with Crippen LogP contribution in [0.3, 0.4) is 0 Å². The van der Waals surface area contributed by atoms with E-state index in [2.05, 4.69) is 29.5 Å². The molecule has 10 heteroatoms. The Morgan fingerprint density at radius 1 is 0.932 bits per heavy atom. The van der Waals surface area contributed by atoms with E-state index in [1.807, 2.05) is 44.2 Å². The zero-order chi connectivity index (χ0) is 32.0. The molecule has 234 valence electrons. The van der Waals surface area contributed by atoms with Gasteiger partial charge in [-0.2, -0.15) is 0 Å². The first-order valence-corrected chi connectivity index (χ1v) is 14.9. The lowest BCUT2D eigenvalue weighted by Gasteiger charge is -2.27. The molecule has 0 radical (unpaired) electrons. The van der Waals surface area contributed by atoms with Crippen molar-refractivity contribution in [2.24, 2.45) is 5.92 Å². The quantitative estimate of drug-likeness (QED) is 0.125. The average Bonchev–Trinajstić information content (AvgIpc) is 3.57. The minimum atomic E-state index is -0.942. The van der Waals surface area contributed by atoms with Crippen LogP contribution in [0.15, 0.2) is 48.5 Å². The highest BCUT2D eigenvalue weighted by Crippen LogP contribution is 2.33. The number of benzene rings is 2. The number of ether oxygens (including phenoxy) is 2. The second-order valence-corrected chi connectivity index (χ2v) is 11.3. The largest absolute Gasteiger partial charge is 0.494 e. The summed E-state index contributed by atoms with van der Waals surface area (Å²) < 4.78 is 10.7. The van der Waals surface area contributed by atoms with Gasteiger partial charge in [-0.1, -0.05) is 70.9 Å². The fourth-order valence-electron chi connectivity index (χ4n) is 5.37. The molecule has 2 aromatic carbocycles. The number of H-pyrrole nitrogens is 1. The van der Waals surface area contributed by atoms with Gasteiger partial charge >= 0.3 is 0 Å². The van der Waals surface area contributed by atoms with Crippen LogP contribution in [0.5, 0.6) is 23.3 Å². The predicted molar refractivity (Wildman–Crippen MR) is 167 cm³/mol. The Bertz CT molecular complexity index is 1520. The molecule has 0 saturated carbocycles. The summed E-state index contributed by atoms with van der Waals surface area (Å²) in [5.41, 5.74) is 2.77. The Kier molecular flexibility index (Phi) is 10.4. The van der Waals surface area contributed by atoms with Gasteiger partial charge in [0.25, 0.3) is 0 Å². The number of hydrogen-bond donors (Lipinski definition) is 5. The smallest absolute Gasteiger partial charge is 0.244 e. The minimum Gasteiger partial charge on any atom is -0.494 e. The van der Waals surface area contributed by atoms with Crippen LogP contribution in [-0.4, -0.2) is 45.6 Å². The zero-order valence-electron chi connectivity index (χ0n) is 25.8. The first-order chi connectivity index (χ1) is 21.0. The Labute approximate surface area is 257 Å². The molecular formula is C34H41N3O7. The fraction of sp³-hybridized carbons (Fsp3) is 0.382. The molecule has 2 atom stereocenters. The third-order valence-corrected chi connectivity index (χ3v) is 8.10. The normalized spacial score (nSPS) is 13.8. The number of aromatic nitrogens is 1. The predicted octanol–water partition coefficient (Wildman–Crippen LogP) is 5.65. The van der Waals surface area contributed by atoms with E-state index in [1.54, 1.807) is 18.2 Å². The molecule has 10 nitrogen and oxygen atoms in total. The number of amides is 2. The van der Waals surface area contributed by atoms with Crippen molar-refractivity contribution in [2.45, 2.75) is 71.9 Å². The van der Waals surface area contributed by atoms with Crippen LogP contribution < -0.4 is 20.1 Å². The molecule has 1 aliphatic heterocycles. The van der Waals surface area contributed by atoms with Crippen LogP contribution in [-0.2, 0) is 9.59 Å². The number of aromatic amines is 1. The summed E-state index contributed by atoms with van der Waals surface area (Å²) in [5, 5.41) is 26.1. The van der Waals surface area contributed by atoms with Gasteiger partial charge in [0.2, 0.25) is 24.5 Å². The third kappa shape index (κ3) is 7.42. The number of ketones is 1. The highest BCUT2D eigenvalue weighted by Gasteiger charge is 2.33. The number of Topliss-reactive ketones (excluding diaryl/α,β-unsaturated/α-hetero) is 1. The van der Waals surface area contributed by atoms with Crippen molar-refractivity contribution in [1.82, 2.24) is 15.6 Å². The number of carbonyl (C=O) groups excluding carboxylic acids is 3. The minimum absolute atomic E-state index is 0.0533. The van der Waals surface area contributed by atoms with Gasteiger partial charge in [0, 0.05) is 11.6 Å². The second kappa shape index (κ2) is 14.2. The number of aromatic hydroxyl groups is 2. The van der Waals surface area contributed by atoms with E-state index in [-0.39, 0.29) is 36.1 Å². The van der Waals surface area contributed by atoms with Gasteiger partial charge < -0.3 is 30.3 Å². The van der Waals surface area contributed by atoms with Crippen molar-refractivity contribution in [1.29, 1.82) is 0 Å². The SMILES string of the molecule is CCC(CC)C(NC(=O)CC(NC(=O)C=Cc1ccc2c(c1)OCO2)c1ccc(C(C)C)cc1)C(=O)c1c(O)[nH]c(O)c1C. The lowest BCUT2D eigenvalue weighted by molar-refractivity contribution is -0.123. The zero-order valence-corrected chi connectivity index (χ0v) is 25.8. The van der Waals surface area contributed by atoms with Crippen molar-refractivity contribution in [3.63, 3.8) is 0 Å². The summed E-state index contributed by atoms with van der Waals surface area (Å²) in [6.45, 7) is 9.69. The molecule has 2 heterocycles. The van der Waals surface area contributed by atoms with Gasteiger partial charge in [0.05, 0.1) is 24.1 Å². The van der Waals surface area contributed by atoms with Crippen LogP contribution in [0.25, 0.3) is 6.08 Å². The molecule has 44 heavy (non-hydrogen) atoms. The summed E-state index contributed by atoms with van der Waals surface area (Å²) in [7, 11) is 0. The molecule has 2 unspecified atom stereocenters. The number of nitrogens with one attached hydrogen (secondary N) is 3. The first kappa shape index (κ1) is 32.2.